The highest BCUT2D eigenvalue weighted by molar-refractivity contribution is 5.28. The Bertz CT molecular complexity index is 281. The highest BCUT2D eigenvalue weighted by Gasteiger charge is 1.99. The molecule has 0 atom stereocenters. The van der Waals surface area contributed by atoms with Gasteiger partial charge in [-0.1, -0.05) is 77.1 Å². The second-order valence-electron chi connectivity index (χ2n) is 5.23. The number of benzene rings is 1. The third-order valence-corrected chi connectivity index (χ3v) is 3.29. The molecule has 0 aliphatic heterocycles. The fraction of sp³-hybridized carbons (Fsp3) is 0.588. The van der Waals surface area contributed by atoms with Crippen LogP contribution in [0.3, 0.4) is 0 Å². The summed E-state index contributed by atoms with van der Waals surface area (Å²) in [5.74, 6) is 0.637. The van der Waals surface area contributed by atoms with Crippen LogP contribution in [-0.2, 0) is 0 Å². The number of hydrogen-bond donors (Lipinski definition) is 0. The Morgan fingerprint density at radius 1 is 0.941 bits per heavy atom. The molecule has 0 saturated carbocycles. The molecule has 17 heavy (non-hydrogen) atoms. The molecule has 0 bridgehead atoms. The van der Waals surface area contributed by atoms with Gasteiger partial charge in [-0.25, -0.2) is 0 Å². The van der Waals surface area contributed by atoms with E-state index in [1.807, 2.05) is 0 Å². The molecule has 1 radical (unpaired) electrons. The van der Waals surface area contributed by atoms with E-state index < -0.39 is 0 Å². The first-order chi connectivity index (χ1) is 8.24. The van der Waals surface area contributed by atoms with E-state index in [9.17, 15) is 0 Å². The average molecular weight is 231 g/mol. The summed E-state index contributed by atoms with van der Waals surface area (Å²) in [5, 5.41) is 0. The minimum atomic E-state index is 0.637. The predicted molar refractivity (Wildman–Crippen MR) is 77.3 cm³/mol. The summed E-state index contributed by atoms with van der Waals surface area (Å²) in [5.41, 5.74) is 2.81. The number of rotatable bonds is 8. The van der Waals surface area contributed by atoms with Crippen LogP contribution < -0.4 is 0 Å². The van der Waals surface area contributed by atoms with Gasteiger partial charge in [0.15, 0.2) is 0 Å². The van der Waals surface area contributed by atoms with Gasteiger partial charge in [0, 0.05) is 0 Å². The molecule has 0 unspecified atom stereocenters. The third-order valence-electron chi connectivity index (χ3n) is 3.29. The topological polar surface area (TPSA) is 0 Å². The van der Waals surface area contributed by atoms with E-state index >= 15 is 0 Å². The van der Waals surface area contributed by atoms with Crippen molar-refractivity contribution in [2.75, 3.05) is 0 Å². The lowest BCUT2D eigenvalue weighted by Crippen LogP contribution is -1.88. The molecule has 0 fully saturated rings. The van der Waals surface area contributed by atoms with Gasteiger partial charge < -0.3 is 0 Å². The Morgan fingerprint density at radius 2 is 1.59 bits per heavy atom. The van der Waals surface area contributed by atoms with E-state index in [1.165, 1.54) is 49.7 Å². The lowest BCUT2D eigenvalue weighted by Gasteiger charge is -2.06. The smallest absolute Gasteiger partial charge is 0.00931 e. The maximum atomic E-state index is 2.37. The SMILES string of the molecule is CCCCCCC[CH]c1ccc(C(C)C)cc1. The second-order valence-corrected chi connectivity index (χ2v) is 5.23. The molecule has 0 aromatic heterocycles. The van der Waals surface area contributed by atoms with Gasteiger partial charge in [0.1, 0.15) is 0 Å². The summed E-state index contributed by atoms with van der Waals surface area (Å²) in [7, 11) is 0. The third kappa shape index (κ3) is 5.91. The Labute approximate surface area is 107 Å². The van der Waals surface area contributed by atoms with Crippen LogP contribution in [0.25, 0.3) is 0 Å². The molecule has 0 N–H and O–H groups in total. The van der Waals surface area contributed by atoms with Crippen molar-refractivity contribution in [2.24, 2.45) is 0 Å². The monoisotopic (exact) mass is 231 g/mol. The molecule has 1 aromatic rings. The van der Waals surface area contributed by atoms with Gasteiger partial charge in [0.25, 0.3) is 0 Å². The quantitative estimate of drug-likeness (QED) is 0.502. The van der Waals surface area contributed by atoms with Gasteiger partial charge in [-0.2, -0.15) is 0 Å². The van der Waals surface area contributed by atoms with E-state index in [4.69, 9.17) is 0 Å². The maximum absolute atomic E-state index is 2.37. The minimum absolute atomic E-state index is 0.637. The van der Waals surface area contributed by atoms with Crippen molar-refractivity contribution >= 4 is 0 Å². The zero-order valence-corrected chi connectivity index (χ0v) is 11.7. The molecule has 0 spiro atoms. The van der Waals surface area contributed by atoms with Crippen LogP contribution in [0.1, 0.15) is 76.3 Å². The van der Waals surface area contributed by atoms with Crippen molar-refractivity contribution in [1.29, 1.82) is 0 Å². The van der Waals surface area contributed by atoms with Gasteiger partial charge in [-0.3, -0.25) is 0 Å². The van der Waals surface area contributed by atoms with Crippen LogP contribution in [-0.4, -0.2) is 0 Å². The van der Waals surface area contributed by atoms with Crippen molar-refractivity contribution < 1.29 is 0 Å². The summed E-state index contributed by atoms with van der Waals surface area (Å²) in [4.78, 5) is 0. The highest BCUT2D eigenvalue weighted by Crippen LogP contribution is 2.17. The van der Waals surface area contributed by atoms with Crippen LogP contribution in [0.4, 0.5) is 0 Å². The molecule has 0 heteroatoms. The molecule has 0 aliphatic carbocycles. The van der Waals surface area contributed by atoms with Crippen LogP contribution in [0.2, 0.25) is 0 Å². The summed E-state index contributed by atoms with van der Waals surface area (Å²) in [6.07, 6.45) is 10.4. The predicted octanol–water partition coefficient (Wildman–Crippen LogP) is 5.72. The lowest BCUT2D eigenvalue weighted by atomic mass is 9.99. The normalized spacial score (nSPS) is 11.1. The van der Waals surface area contributed by atoms with Crippen LogP contribution in [0, 0.1) is 6.42 Å². The molecular formula is C17H27. The summed E-state index contributed by atoms with van der Waals surface area (Å²) in [6, 6.07) is 9.02. The Morgan fingerprint density at radius 3 is 2.18 bits per heavy atom. The number of hydrogen-bond acceptors (Lipinski definition) is 0. The standard InChI is InChI=1S/C17H27/c1-4-5-6-7-8-9-10-16-11-13-17(14-12-16)15(2)3/h10-15H,4-9H2,1-3H3. The van der Waals surface area contributed by atoms with E-state index in [0.29, 0.717) is 5.92 Å². The molecule has 0 heterocycles. The zero-order valence-electron chi connectivity index (χ0n) is 11.7. The zero-order chi connectivity index (χ0) is 12.5. The summed E-state index contributed by atoms with van der Waals surface area (Å²) in [6.45, 7) is 6.75. The fourth-order valence-electron chi connectivity index (χ4n) is 2.03. The van der Waals surface area contributed by atoms with Gasteiger partial charge in [0.05, 0.1) is 0 Å². The van der Waals surface area contributed by atoms with E-state index in [0.717, 1.165) is 0 Å². The average Bonchev–Trinajstić information content (AvgIpc) is 2.34. The second kappa shape index (κ2) is 8.33. The lowest BCUT2D eigenvalue weighted by molar-refractivity contribution is 0.631. The molecule has 0 saturated heterocycles. The number of unbranched alkanes of at least 4 members (excludes halogenated alkanes) is 5. The van der Waals surface area contributed by atoms with Crippen molar-refractivity contribution in [3.8, 4) is 0 Å². The van der Waals surface area contributed by atoms with Gasteiger partial charge in [0.2, 0.25) is 0 Å². The van der Waals surface area contributed by atoms with E-state index in [1.54, 1.807) is 0 Å². The van der Waals surface area contributed by atoms with Crippen LogP contribution >= 0.6 is 0 Å². The fourth-order valence-corrected chi connectivity index (χ4v) is 2.03. The Hall–Kier alpha value is -0.780. The molecule has 1 rings (SSSR count). The van der Waals surface area contributed by atoms with Gasteiger partial charge in [-0.05, 0) is 29.9 Å². The van der Waals surface area contributed by atoms with Gasteiger partial charge >= 0.3 is 0 Å². The summed E-state index contributed by atoms with van der Waals surface area (Å²) >= 11 is 0. The highest BCUT2D eigenvalue weighted by atomic mass is 14.0. The van der Waals surface area contributed by atoms with E-state index in [2.05, 4.69) is 51.5 Å². The van der Waals surface area contributed by atoms with Crippen molar-refractivity contribution in [1.82, 2.24) is 0 Å². The van der Waals surface area contributed by atoms with Crippen molar-refractivity contribution in [3.63, 3.8) is 0 Å². The first-order valence-corrected chi connectivity index (χ1v) is 7.17. The van der Waals surface area contributed by atoms with Crippen LogP contribution in [0.5, 0.6) is 0 Å². The minimum Gasteiger partial charge on any atom is -0.0654 e. The van der Waals surface area contributed by atoms with Crippen LogP contribution in [0.15, 0.2) is 24.3 Å². The Kier molecular flexibility index (Phi) is 7.00. The molecule has 1 aromatic carbocycles. The molecule has 0 aliphatic rings. The van der Waals surface area contributed by atoms with Gasteiger partial charge in [-0.15, -0.1) is 0 Å². The molecule has 0 nitrogen and oxygen atoms in total. The molecule has 0 amide bonds. The Balaban J connectivity index is 2.19. The van der Waals surface area contributed by atoms with Crippen molar-refractivity contribution in [2.45, 2.75) is 65.2 Å². The molecular weight excluding hydrogens is 204 g/mol. The molecule has 95 valence electrons. The van der Waals surface area contributed by atoms with Crippen molar-refractivity contribution in [3.05, 3.63) is 41.8 Å². The maximum Gasteiger partial charge on any atom is -0.00931 e. The summed E-state index contributed by atoms with van der Waals surface area (Å²) < 4.78 is 0. The van der Waals surface area contributed by atoms with E-state index in [-0.39, 0.29) is 0 Å². The first-order valence-electron chi connectivity index (χ1n) is 7.17. The largest absolute Gasteiger partial charge is 0.0654 e. The first kappa shape index (κ1) is 14.3.